The van der Waals surface area contributed by atoms with Gasteiger partial charge in [-0.1, -0.05) is 41.4 Å². The highest BCUT2D eigenvalue weighted by atomic mass is 35.5. The van der Waals surface area contributed by atoms with Gasteiger partial charge in [-0.05, 0) is 55.5 Å². The van der Waals surface area contributed by atoms with Gasteiger partial charge in [0.25, 0.3) is 0 Å². The molecule has 2 aromatic heterocycles. The molecule has 0 bridgehead atoms. The van der Waals surface area contributed by atoms with Crippen LogP contribution in [0.3, 0.4) is 0 Å². The summed E-state index contributed by atoms with van der Waals surface area (Å²) in [5.41, 5.74) is 4.83. The maximum Gasteiger partial charge on any atom is 0.324 e. The molecule has 0 fully saturated rings. The second kappa shape index (κ2) is 9.00. The van der Waals surface area contributed by atoms with Crippen molar-refractivity contribution in [2.75, 3.05) is 17.7 Å². The van der Waals surface area contributed by atoms with Gasteiger partial charge in [0.2, 0.25) is 0 Å². The zero-order chi connectivity index (χ0) is 23.7. The van der Waals surface area contributed by atoms with Crippen molar-refractivity contribution in [3.05, 3.63) is 89.6 Å². The monoisotopic (exact) mass is 468 g/mol. The summed E-state index contributed by atoms with van der Waals surface area (Å²) >= 11 is 6.55. The van der Waals surface area contributed by atoms with Crippen molar-refractivity contribution in [2.45, 2.75) is 6.92 Å². The average Bonchev–Trinajstić information content (AvgIpc) is 2.84. The molecule has 0 aliphatic heterocycles. The van der Waals surface area contributed by atoms with Crippen LogP contribution in [-0.4, -0.2) is 23.1 Å². The number of carbonyl (C=O) groups is 1. The minimum atomic E-state index is -0.428. The van der Waals surface area contributed by atoms with E-state index in [0.29, 0.717) is 16.5 Å². The highest BCUT2D eigenvalue weighted by Gasteiger charge is 2.16. The Morgan fingerprint density at radius 2 is 1.76 bits per heavy atom. The van der Waals surface area contributed by atoms with E-state index in [9.17, 15) is 4.79 Å². The third kappa shape index (κ3) is 4.23. The van der Waals surface area contributed by atoms with Gasteiger partial charge in [0.1, 0.15) is 11.6 Å². The van der Waals surface area contributed by atoms with Crippen LogP contribution < -0.4 is 15.4 Å². The van der Waals surface area contributed by atoms with Gasteiger partial charge >= 0.3 is 6.03 Å². The number of rotatable bonds is 4. The van der Waals surface area contributed by atoms with Gasteiger partial charge in [-0.15, -0.1) is 0 Å². The number of benzene rings is 3. The summed E-state index contributed by atoms with van der Waals surface area (Å²) in [5, 5.41) is 8.15. The van der Waals surface area contributed by atoms with Gasteiger partial charge < -0.3 is 10.1 Å². The molecule has 0 radical (unpaired) electrons. The number of fused-ring (bicyclic) bond motifs is 2. The number of nitrogens with zero attached hydrogens (tertiary/aromatic N) is 2. The van der Waals surface area contributed by atoms with E-state index in [0.717, 1.165) is 44.2 Å². The van der Waals surface area contributed by atoms with Crippen molar-refractivity contribution in [3.8, 4) is 16.9 Å². The average molecular weight is 469 g/mol. The Hall–Kier alpha value is -4.16. The normalized spacial score (nSPS) is 10.9. The van der Waals surface area contributed by atoms with Crippen LogP contribution in [0.5, 0.6) is 5.75 Å². The maximum absolute atomic E-state index is 12.9. The number of aryl methyl sites for hydroxylation is 1. The highest BCUT2D eigenvalue weighted by Crippen LogP contribution is 2.38. The van der Waals surface area contributed by atoms with Crippen molar-refractivity contribution in [1.29, 1.82) is 0 Å². The molecule has 0 saturated heterocycles. The van der Waals surface area contributed by atoms with Crippen LogP contribution in [0, 0.1) is 6.92 Å². The predicted octanol–water partition coefficient (Wildman–Crippen LogP) is 7.06. The van der Waals surface area contributed by atoms with Crippen LogP contribution in [-0.2, 0) is 0 Å². The van der Waals surface area contributed by atoms with E-state index in [4.69, 9.17) is 16.3 Å². The number of aromatic nitrogens is 2. The first-order valence-electron chi connectivity index (χ1n) is 10.7. The van der Waals surface area contributed by atoms with Crippen LogP contribution >= 0.6 is 11.6 Å². The molecule has 2 heterocycles. The molecule has 0 unspecified atom stereocenters. The highest BCUT2D eigenvalue weighted by molar-refractivity contribution is 6.34. The second-order valence-electron chi connectivity index (χ2n) is 7.88. The Morgan fingerprint density at radius 1 is 0.941 bits per heavy atom. The van der Waals surface area contributed by atoms with Gasteiger partial charge in [0, 0.05) is 26.9 Å². The fourth-order valence-corrected chi connectivity index (χ4v) is 4.16. The number of nitrogens with one attached hydrogen (secondary N) is 2. The van der Waals surface area contributed by atoms with Gasteiger partial charge in [0.05, 0.1) is 30.0 Å². The minimum Gasteiger partial charge on any atom is -0.497 e. The van der Waals surface area contributed by atoms with Gasteiger partial charge in [-0.3, -0.25) is 10.3 Å². The number of hydrogen-bond donors (Lipinski definition) is 2. The number of anilines is 2. The number of methoxy groups -OCH3 is 1. The molecule has 34 heavy (non-hydrogen) atoms. The van der Waals surface area contributed by atoms with Gasteiger partial charge in [0.15, 0.2) is 0 Å². The summed E-state index contributed by atoms with van der Waals surface area (Å²) in [4.78, 5) is 22.0. The zero-order valence-corrected chi connectivity index (χ0v) is 19.4. The number of pyridine rings is 2. The van der Waals surface area contributed by atoms with Crippen LogP contribution in [0.1, 0.15) is 5.56 Å². The Balaban J connectivity index is 1.50. The first-order valence-corrected chi connectivity index (χ1v) is 11.1. The fraction of sp³-hybridized carbons (Fsp3) is 0.0741. The molecule has 0 saturated carbocycles. The van der Waals surface area contributed by atoms with E-state index in [-0.39, 0.29) is 0 Å². The summed E-state index contributed by atoms with van der Waals surface area (Å²) < 4.78 is 5.25. The van der Waals surface area contributed by atoms with Crippen molar-refractivity contribution in [3.63, 3.8) is 0 Å². The summed E-state index contributed by atoms with van der Waals surface area (Å²) in [6, 6.07) is 22.3. The Labute approximate surface area is 201 Å². The lowest BCUT2D eigenvalue weighted by molar-refractivity contribution is 0.262. The third-order valence-electron chi connectivity index (χ3n) is 5.55. The number of amides is 2. The molecule has 0 aliphatic rings. The number of hydrogen-bond acceptors (Lipinski definition) is 4. The van der Waals surface area contributed by atoms with Crippen molar-refractivity contribution in [2.24, 2.45) is 0 Å². The van der Waals surface area contributed by atoms with Crippen molar-refractivity contribution >= 4 is 50.9 Å². The van der Waals surface area contributed by atoms with E-state index in [1.54, 1.807) is 19.4 Å². The van der Waals surface area contributed by atoms with Gasteiger partial charge in [-0.25, -0.2) is 9.78 Å². The molecule has 7 heteroatoms. The van der Waals surface area contributed by atoms with E-state index in [1.807, 2.05) is 73.7 Å². The molecular weight excluding hydrogens is 448 g/mol. The summed E-state index contributed by atoms with van der Waals surface area (Å²) in [5.74, 6) is 1.18. The van der Waals surface area contributed by atoms with Gasteiger partial charge in [-0.2, -0.15) is 0 Å². The van der Waals surface area contributed by atoms with Crippen molar-refractivity contribution < 1.29 is 9.53 Å². The molecule has 0 atom stereocenters. The van der Waals surface area contributed by atoms with Crippen LogP contribution in [0.15, 0.2) is 79.0 Å². The lowest BCUT2D eigenvalue weighted by atomic mass is 9.98. The molecule has 6 nitrogen and oxygen atoms in total. The van der Waals surface area contributed by atoms with Crippen LogP contribution in [0.4, 0.5) is 16.3 Å². The first kappa shape index (κ1) is 21.7. The summed E-state index contributed by atoms with van der Waals surface area (Å²) in [6.45, 7) is 2.02. The molecule has 3 aromatic carbocycles. The summed E-state index contributed by atoms with van der Waals surface area (Å²) in [7, 11) is 1.62. The molecule has 5 rings (SSSR count). The fourth-order valence-electron chi connectivity index (χ4n) is 3.93. The Bertz CT molecular complexity index is 1550. The number of ether oxygens (including phenoxy) is 1. The van der Waals surface area contributed by atoms with Crippen molar-refractivity contribution in [1.82, 2.24) is 9.97 Å². The Kier molecular flexibility index (Phi) is 5.74. The zero-order valence-electron chi connectivity index (χ0n) is 18.6. The number of halogens is 1. The number of urea groups is 1. The molecule has 2 amide bonds. The standard InChI is InChI=1S/C27H21ClN4O2/c1-16-7-10-23-20(13-16)26(19-5-3-4-6-21(19)28)24(15-29-23)31-27(33)32-25-12-8-17-14-18(34-2)9-11-22(17)30-25/h3-15H,1-2H3,(H2,30,31,32,33). The Morgan fingerprint density at radius 3 is 2.59 bits per heavy atom. The lowest BCUT2D eigenvalue weighted by Gasteiger charge is -2.16. The molecule has 5 aromatic rings. The molecule has 0 aliphatic carbocycles. The molecule has 168 valence electrons. The predicted molar refractivity (Wildman–Crippen MR) is 138 cm³/mol. The van der Waals surface area contributed by atoms with E-state index < -0.39 is 6.03 Å². The van der Waals surface area contributed by atoms with Crippen LogP contribution in [0.25, 0.3) is 32.9 Å². The molecule has 2 N–H and O–H groups in total. The molecular formula is C27H21ClN4O2. The molecule has 0 spiro atoms. The van der Waals surface area contributed by atoms with E-state index in [2.05, 4.69) is 20.6 Å². The topological polar surface area (TPSA) is 76.1 Å². The third-order valence-corrected chi connectivity index (χ3v) is 5.88. The van der Waals surface area contributed by atoms with E-state index >= 15 is 0 Å². The summed E-state index contributed by atoms with van der Waals surface area (Å²) in [6.07, 6.45) is 1.65. The maximum atomic E-state index is 12.9. The van der Waals surface area contributed by atoms with Crippen LogP contribution in [0.2, 0.25) is 5.02 Å². The lowest BCUT2D eigenvalue weighted by Crippen LogP contribution is -2.20. The SMILES string of the molecule is COc1ccc2nc(NC(=O)Nc3cnc4ccc(C)cc4c3-c3ccccc3Cl)ccc2c1. The smallest absolute Gasteiger partial charge is 0.324 e. The minimum absolute atomic E-state index is 0.428. The first-order chi connectivity index (χ1) is 16.5. The second-order valence-corrected chi connectivity index (χ2v) is 8.29. The largest absolute Gasteiger partial charge is 0.497 e. The number of carbonyl (C=O) groups excluding carboxylic acids is 1. The quantitative estimate of drug-likeness (QED) is 0.296. The van der Waals surface area contributed by atoms with E-state index in [1.165, 1.54) is 0 Å².